The average Bonchev–Trinajstić information content (AvgIpc) is 1.35. The Hall–Kier alpha value is -13.8. The van der Waals surface area contributed by atoms with Crippen LogP contribution in [0.3, 0.4) is 0 Å². The Kier molecular flexibility index (Phi) is 54.2. The van der Waals surface area contributed by atoms with Gasteiger partial charge < -0.3 is 160 Å². The van der Waals surface area contributed by atoms with Crippen molar-refractivity contribution in [1.29, 1.82) is 10.8 Å². The second kappa shape index (κ2) is 62.5. The maximum Gasteiger partial charge on any atom is 0.325 e. The largest absolute Gasteiger partial charge is 0.481 e. The van der Waals surface area contributed by atoms with Gasteiger partial charge >= 0.3 is 29.8 Å². The van der Waals surface area contributed by atoms with Crippen LogP contribution in [-0.4, -0.2) is 307 Å². The number of aromatic nitrogens is 2. The molecule has 16 atom stereocenters. The quantitative estimate of drug-likeness (QED) is 0.0166. The summed E-state index contributed by atoms with van der Waals surface area (Å²) in [6.07, 6.45) is -2.77. The number of benzene rings is 1. The van der Waals surface area contributed by atoms with E-state index < -0.39 is 285 Å². The van der Waals surface area contributed by atoms with Gasteiger partial charge in [0.05, 0.1) is 25.4 Å². The molecular formula is C81H133N27O26. The van der Waals surface area contributed by atoms with E-state index in [0.29, 0.717) is 17.7 Å². The number of hydrogen-bond acceptors (Lipinski definition) is 28. The number of amides is 15. The number of carbonyl (C=O) groups excluding carboxylic acids is 15. The minimum atomic E-state index is -1.85. The van der Waals surface area contributed by atoms with E-state index in [0.717, 1.165) is 13.8 Å². The van der Waals surface area contributed by atoms with Gasteiger partial charge in [0.1, 0.15) is 90.6 Å². The van der Waals surface area contributed by atoms with Crippen molar-refractivity contribution in [3.63, 3.8) is 0 Å². The van der Waals surface area contributed by atoms with E-state index in [-0.39, 0.29) is 123 Å². The van der Waals surface area contributed by atoms with Gasteiger partial charge in [-0.15, -0.1) is 0 Å². The Morgan fingerprint density at radius 1 is 0.358 bits per heavy atom. The molecule has 0 aliphatic rings. The lowest BCUT2D eigenvalue weighted by Gasteiger charge is -2.29. The number of guanidine groups is 2. The Bertz CT molecular complexity index is 4260. The van der Waals surface area contributed by atoms with Crippen molar-refractivity contribution >= 4 is 130 Å². The number of rotatable bonds is 68. The predicted octanol–water partition coefficient (Wildman–Crippen LogP) is -9.43. The van der Waals surface area contributed by atoms with Gasteiger partial charge in [0.25, 0.3) is 0 Å². The Morgan fingerprint density at radius 2 is 0.672 bits per heavy atom. The van der Waals surface area contributed by atoms with Gasteiger partial charge in [-0.05, 0) is 155 Å². The van der Waals surface area contributed by atoms with E-state index >= 15 is 0 Å². The molecule has 1 aromatic carbocycles. The summed E-state index contributed by atoms with van der Waals surface area (Å²) in [4.78, 5) is 278. The van der Waals surface area contributed by atoms with Crippen molar-refractivity contribution in [2.75, 3.05) is 39.3 Å². The summed E-state index contributed by atoms with van der Waals surface area (Å²) in [6, 6.07) is -18.4. The highest BCUT2D eigenvalue weighted by Crippen LogP contribution is 2.15. The first-order chi connectivity index (χ1) is 63.2. The molecule has 134 heavy (non-hydrogen) atoms. The molecule has 1 aromatic heterocycles. The van der Waals surface area contributed by atoms with Crippen molar-refractivity contribution in [3.05, 3.63) is 54.1 Å². The summed E-state index contributed by atoms with van der Waals surface area (Å²) in [5.74, 6) is -25.7. The van der Waals surface area contributed by atoms with Crippen LogP contribution in [0.15, 0.2) is 42.9 Å². The van der Waals surface area contributed by atoms with Gasteiger partial charge in [-0.1, -0.05) is 44.2 Å². The molecule has 0 aliphatic carbocycles. The third-order valence-corrected chi connectivity index (χ3v) is 20.4. The van der Waals surface area contributed by atoms with E-state index in [9.17, 15) is 127 Å². The third-order valence-electron chi connectivity index (χ3n) is 20.4. The molecule has 53 heteroatoms. The molecule has 0 fully saturated rings. The van der Waals surface area contributed by atoms with Gasteiger partial charge in [0, 0.05) is 57.1 Å². The lowest BCUT2D eigenvalue weighted by Crippen LogP contribution is -2.61. The molecule has 0 spiro atoms. The zero-order valence-corrected chi connectivity index (χ0v) is 75.4. The number of aliphatic carboxylic acids is 5. The van der Waals surface area contributed by atoms with E-state index in [1.165, 1.54) is 33.3 Å². The molecule has 15 amide bonds. The fourth-order valence-corrected chi connectivity index (χ4v) is 12.8. The van der Waals surface area contributed by atoms with E-state index in [2.05, 4.69) is 100 Å². The Balaban J connectivity index is 2.53. The minimum absolute atomic E-state index is 0.00232. The number of nitrogens with zero attached hydrogens (tertiary/aromatic N) is 1. The number of nitrogens with two attached hydrogens (primary N) is 6. The topological polar surface area (TPSA) is 900 Å². The van der Waals surface area contributed by atoms with Crippen LogP contribution in [-0.2, 0) is 109 Å². The van der Waals surface area contributed by atoms with Gasteiger partial charge in [-0.2, -0.15) is 0 Å². The van der Waals surface area contributed by atoms with Gasteiger partial charge in [0.15, 0.2) is 11.9 Å². The standard InChI is InChI=1S/C81H133N27O26/c1-41(2)63(108-74(128)55(26-29-61(114)115)103-69(123)50(21-11-14-32-84)99-70(124)51(22-15-33-91-80(86)87)101-76(130)57(37-62(116)117)105-66(120)47(85)36-46-38-90-40-93-46)78(132)95-43(4)65(119)97-49(20-10-13-31-83)71(125)106-56(35-45-17-7-6-8-18-45)75(129)104-53(24-27-59(110)111)68(122)94-42(3)64(118)98-54(25-28-60(112)113)73(127)100-52(23-16-34-92-81(88)89)72(126)107-58(39-109)77(131)102-48(19-9-12-30-82)67(121)96-44(5)79(133)134/h6-8,17-18,38,40-44,47-58,63,109H,9-16,19-37,39,82-85H2,1-5H3,(H,90,93)(H,94,122)(H,95,132)(H,96,121)(H,97,119)(H,98,118)(H,99,124)(H,100,127)(H,101,130)(H,102,131)(H,103,123)(H,104,129)(H,105,120)(H,106,125)(H,107,126)(H,108,128)(H,110,111)(H,112,113)(H,114,115)(H,116,117)(H,133,134)(H4,86,87,91)(H4,88,89,92)/t42-,43-,44-,47-,48-,49-,50-,51-,52-,53-,54-,55-,56-,57-,58-,63-/m0/s1. The number of aliphatic hydroxyl groups is 1. The van der Waals surface area contributed by atoms with Crippen LogP contribution < -0.4 is 125 Å². The smallest absolute Gasteiger partial charge is 0.325 e. The number of nitrogens with one attached hydrogen (secondary N) is 20. The number of H-pyrrole nitrogens is 1. The molecule has 1 heterocycles. The van der Waals surface area contributed by atoms with Crippen molar-refractivity contribution in [2.45, 2.75) is 273 Å². The van der Waals surface area contributed by atoms with E-state index in [1.54, 1.807) is 30.3 Å². The molecule has 38 N–H and O–H groups in total. The van der Waals surface area contributed by atoms with Crippen molar-refractivity contribution in [3.8, 4) is 0 Å². The monoisotopic (exact) mass is 1900 g/mol. The normalized spacial score (nSPS) is 14.6. The van der Waals surface area contributed by atoms with Crippen LogP contribution in [0.5, 0.6) is 0 Å². The summed E-state index contributed by atoms with van der Waals surface area (Å²) in [5.41, 5.74) is 34.9. The highest BCUT2D eigenvalue weighted by atomic mass is 16.4. The summed E-state index contributed by atoms with van der Waals surface area (Å²) in [6.45, 7) is 5.52. The summed E-state index contributed by atoms with van der Waals surface area (Å²) < 4.78 is 0. The first-order valence-electron chi connectivity index (χ1n) is 43.6. The molecule has 0 aliphatic heterocycles. The van der Waals surface area contributed by atoms with Crippen LogP contribution in [0.4, 0.5) is 0 Å². The SMILES string of the molecule is CC(C)[C@H](NC(=O)[C@H](CCC(=O)O)NC(=O)[C@H](CCCCN)NC(=O)[C@H](CCCNC(=N)N)NC(=O)[C@H](CC(=O)O)NC(=O)[C@@H](N)Cc1cnc[nH]1)C(=O)N[C@@H](C)C(=O)N[C@@H](CCCCN)C(=O)N[C@@H](Cc1ccccc1)C(=O)N[C@@H](CCC(=O)O)C(=O)N[C@@H](C)C(=O)N[C@@H](CCC(=O)O)C(=O)N[C@@H](CCCNC(=N)N)C(=O)N[C@@H](CO)C(=O)N[C@@H](CCCCN)C(=O)N[C@@H](C)C(=O)O. The third kappa shape index (κ3) is 46.3. The van der Waals surface area contributed by atoms with Crippen LogP contribution >= 0.6 is 0 Å². The fraction of sp³-hybridized carbons (Fsp3) is 0.617. The number of aromatic amines is 1. The van der Waals surface area contributed by atoms with Crippen molar-refractivity contribution in [1.82, 2.24) is 100 Å². The number of carboxylic acid groups (broad SMARTS) is 5. The molecule has 0 radical (unpaired) electrons. The first kappa shape index (κ1) is 116. The van der Waals surface area contributed by atoms with Crippen molar-refractivity contribution in [2.24, 2.45) is 40.3 Å². The number of aliphatic hydroxyl groups excluding tert-OH is 1. The number of carboxylic acids is 5. The summed E-state index contributed by atoms with van der Waals surface area (Å²) in [5, 5.41) is 115. The second-order valence-corrected chi connectivity index (χ2v) is 31.9. The maximum absolute atomic E-state index is 14.7. The van der Waals surface area contributed by atoms with Gasteiger partial charge in [-0.3, -0.25) is 107 Å². The molecule has 0 bridgehead atoms. The lowest BCUT2D eigenvalue weighted by molar-refractivity contribution is -0.142. The molecule has 2 rings (SSSR count). The van der Waals surface area contributed by atoms with Crippen LogP contribution in [0.25, 0.3) is 0 Å². The van der Waals surface area contributed by atoms with E-state index in [1.807, 2.05) is 0 Å². The Morgan fingerprint density at radius 3 is 1.01 bits per heavy atom. The molecule has 0 unspecified atom stereocenters. The molecular weight excluding hydrogens is 1770 g/mol. The van der Waals surface area contributed by atoms with Crippen LogP contribution in [0.1, 0.15) is 174 Å². The number of hydrogen-bond donors (Lipinski definition) is 32. The molecule has 53 nitrogen and oxygen atoms in total. The predicted molar refractivity (Wildman–Crippen MR) is 476 cm³/mol. The summed E-state index contributed by atoms with van der Waals surface area (Å²) in [7, 11) is 0. The van der Waals surface area contributed by atoms with Gasteiger partial charge in [0.2, 0.25) is 88.6 Å². The number of carbonyl (C=O) groups is 20. The Labute approximate surface area is 771 Å². The minimum Gasteiger partial charge on any atom is -0.481 e. The molecule has 748 valence electrons. The summed E-state index contributed by atoms with van der Waals surface area (Å²) >= 11 is 0. The fourth-order valence-electron chi connectivity index (χ4n) is 12.8. The number of unbranched alkanes of at least 4 members (excludes halogenated alkanes) is 3. The molecule has 0 saturated heterocycles. The zero-order chi connectivity index (χ0) is 101. The lowest BCUT2D eigenvalue weighted by atomic mass is 10.0. The van der Waals surface area contributed by atoms with Crippen molar-refractivity contribution < 1.29 is 127 Å². The highest BCUT2D eigenvalue weighted by Gasteiger charge is 2.40. The maximum atomic E-state index is 14.7. The molecule has 0 saturated carbocycles. The second-order valence-electron chi connectivity index (χ2n) is 31.9. The van der Waals surface area contributed by atoms with Gasteiger partial charge in [-0.25, -0.2) is 4.98 Å². The number of imidazole rings is 1. The zero-order valence-electron chi connectivity index (χ0n) is 75.4. The van der Waals surface area contributed by atoms with E-state index in [4.69, 9.17) is 45.2 Å². The molecule has 2 aromatic rings. The van der Waals surface area contributed by atoms with Crippen LogP contribution in [0, 0.1) is 16.7 Å². The first-order valence-corrected chi connectivity index (χ1v) is 43.6. The van der Waals surface area contributed by atoms with Crippen LogP contribution in [0.2, 0.25) is 0 Å². The average molecular weight is 1900 g/mol. The highest BCUT2D eigenvalue weighted by molar-refractivity contribution is 6.01.